The number of halogens is 1. The van der Waals surface area contributed by atoms with E-state index in [9.17, 15) is 0 Å². The minimum absolute atomic E-state index is 1.00. The molecule has 0 unspecified atom stereocenters. The number of nitrogens with zero attached hydrogens (tertiary/aromatic N) is 1. The molecule has 2 heterocycles. The van der Waals surface area contributed by atoms with Gasteiger partial charge in [-0.1, -0.05) is 79.9 Å². The Balaban J connectivity index is 1.69. The summed E-state index contributed by atoms with van der Waals surface area (Å²) < 4.78 is 3.34. The lowest BCUT2D eigenvalue weighted by atomic mass is 10.0. The van der Waals surface area contributed by atoms with Gasteiger partial charge in [-0.2, -0.15) is 0 Å². The number of fused-ring (bicyclic) bond motifs is 6. The molecule has 3 heteroatoms. The third-order valence-corrected chi connectivity index (χ3v) is 7.02. The van der Waals surface area contributed by atoms with E-state index in [0.29, 0.717) is 0 Å². The normalized spacial score (nSPS) is 12.2. The molecule has 6 rings (SSSR count). The highest BCUT2D eigenvalue weighted by Gasteiger charge is 2.15. The molecule has 0 atom stereocenters. The average Bonchev–Trinajstić information content (AvgIpc) is 3.39. The minimum atomic E-state index is 1.00. The number of hydrogen-bond donors (Lipinski definition) is 1. The number of aromatic nitrogens is 2. The monoisotopic (exact) mass is 488 g/mol. The van der Waals surface area contributed by atoms with Gasteiger partial charge in [-0.3, -0.25) is 0 Å². The van der Waals surface area contributed by atoms with Crippen molar-refractivity contribution in [3.8, 4) is 11.1 Å². The molecule has 158 valence electrons. The van der Waals surface area contributed by atoms with Gasteiger partial charge in [0.1, 0.15) is 0 Å². The second-order valence-electron chi connectivity index (χ2n) is 8.13. The van der Waals surface area contributed by atoms with Crippen LogP contribution < -0.4 is 0 Å². The topological polar surface area (TPSA) is 20.7 Å². The highest BCUT2D eigenvalue weighted by molar-refractivity contribution is 9.10. The van der Waals surface area contributed by atoms with E-state index in [1.165, 1.54) is 32.7 Å². The van der Waals surface area contributed by atoms with Gasteiger partial charge in [0.25, 0.3) is 0 Å². The number of allylic oxidation sites excluding steroid dienone is 4. The third kappa shape index (κ3) is 2.93. The summed E-state index contributed by atoms with van der Waals surface area (Å²) in [6.07, 6.45) is 5.70. The maximum Gasteiger partial charge on any atom is 0.0609 e. The predicted molar refractivity (Wildman–Crippen MR) is 147 cm³/mol. The first-order valence-electron chi connectivity index (χ1n) is 10.9. The van der Waals surface area contributed by atoms with Crippen molar-refractivity contribution in [2.75, 3.05) is 0 Å². The molecule has 33 heavy (non-hydrogen) atoms. The molecule has 0 bridgehead atoms. The zero-order valence-corrected chi connectivity index (χ0v) is 19.6. The second kappa shape index (κ2) is 7.65. The van der Waals surface area contributed by atoms with E-state index in [0.717, 1.165) is 32.2 Å². The predicted octanol–water partition coefficient (Wildman–Crippen LogP) is 9.07. The summed E-state index contributed by atoms with van der Waals surface area (Å²) >= 11 is 3.70. The Labute approximate surface area is 200 Å². The van der Waals surface area contributed by atoms with Crippen LogP contribution in [0.25, 0.3) is 60.4 Å². The van der Waals surface area contributed by atoms with Gasteiger partial charge in [0.2, 0.25) is 0 Å². The third-order valence-electron chi connectivity index (χ3n) is 6.36. The van der Waals surface area contributed by atoms with Gasteiger partial charge in [-0.15, -0.1) is 0 Å². The molecule has 2 nitrogen and oxygen atoms in total. The Kier molecular flexibility index (Phi) is 4.60. The van der Waals surface area contributed by atoms with Crippen molar-refractivity contribution in [3.05, 3.63) is 115 Å². The lowest BCUT2D eigenvalue weighted by molar-refractivity contribution is 1.24. The molecule has 0 aliphatic heterocycles. The van der Waals surface area contributed by atoms with E-state index in [-0.39, 0.29) is 0 Å². The van der Waals surface area contributed by atoms with E-state index >= 15 is 0 Å². The van der Waals surface area contributed by atoms with Crippen molar-refractivity contribution in [2.24, 2.45) is 0 Å². The van der Waals surface area contributed by atoms with Crippen LogP contribution in [0.2, 0.25) is 0 Å². The Morgan fingerprint density at radius 1 is 0.758 bits per heavy atom. The van der Waals surface area contributed by atoms with E-state index in [1.807, 2.05) is 18.2 Å². The van der Waals surface area contributed by atoms with Gasteiger partial charge >= 0.3 is 0 Å². The van der Waals surface area contributed by atoms with Crippen LogP contribution in [0.4, 0.5) is 0 Å². The summed E-state index contributed by atoms with van der Waals surface area (Å²) in [5, 5.41) is 4.89. The number of nitrogens with one attached hydrogen (secondary N) is 1. The van der Waals surface area contributed by atoms with Crippen LogP contribution in [-0.2, 0) is 0 Å². The van der Waals surface area contributed by atoms with Gasteiger partial charge in [0.05, 0.1) is 22.1 Å². The van der Waals surface area contributed by atoms with Crippen LogP contribution >= 0.6 is 15.9 Å². The Bertz CT molecular complexity index is 1760. The molecule has 6 aromatic rings. The van der Waals surface area contributed by atoms with Gasteiger partial charge < -0.3 is 9.55 Å². The highest BCUT2D eigenvalue weighted by atomic mass is 79.9. The first kappa shape index (κ1) is 19.8. The Hall–Kier alpha value is -3.82. The molecule has 4 aromatic carbocycles. The van der Waals surface area contributed by atoms with Crippen molar-refractivity contribution in [1.29, 1.82) is 0 Å². The van der Waals surface area contributed by atoms with Crippen LogP contribution in [0.1, 0.15) is 0 Å². The quantitative estimate of drug-likeness (QED) is 0.239. The number of para-hydroxylation sites is 3. The molecule has 0 fully saturated rings. The van der Waals surface area contributed by atoms with Crippen molar-refractivity contribution in [1.82, 2.24) is 9.55 Å². The van der Waals surface area contributed by atoms with Crippen LogP contribution in [0, 0.1) is 0 Å². The molecule has 0 saturated heterocycles. The van der Waals surface area contributed by atoms with Crippen molar-refractivity contribution < 1.29 is 0 Å². The highest BCUT2D eigenvalue weighted by Crippen LogP contribution is 2.38. The van der Waals surface area contributed by atoms with Crippen molar-refractivity contribution in [3.63, 3.8) is 0 Å². The summed E-state index contributed by atoms with van der Waals surface area (Å²) in [6, 6.07) is 28.1. The number of H-pyrrole nitrogens is 1. The van der Waals surface area contributed by atoms with Crippen LogP contribution in [-0.4, -0.2) is 9.55 Å². The summed E-state index contributed by atoms with van der Waals surface area (Å²) in [5.41, 5.74) is 7.93. The number of hydrogen-bond acceptors (Lipinski definition) is 0. The smallest absolute Gasteiger partial charge is 0.0609 e. The van der Waals surface area contributed by atoms with Gasteiger partial charge in [0, 0.05) is 37.3 Å². The molecule has 1 N–H and O–H groups in total. The van der Waals surface area contributed by atoms with Crippen molar-refractivity contribution in [2.45, 2.75) is 0 Å². The fourth-order valence-corrected chi connectivity index (χ4v) is 5.39. The number of aromatic amines is 1. The zero-order valence-electron chi connectivity index (χ0n) is 18.0. The first-order chi connectivity index (χ1) is 16.2. The van der Waals surface area contributed by atoms with E-state index in [4.69, 9.17) is 0 Å². The summed E-state index contributed by atoms with van der Waals surface area (Å²) in [6.45, 7) is 7.96. The fraction of sp³-hybridized carbons (Fsp3) is 0. The molecular weight excluding hydrogens is 468 g/mol. The number of benzene rings is 4. The summed E-state index contributed by atoms with van der Waals surface area (Å²) in [5.74, 6) is 0. The molecule has 0 amide bonds. The number of rotatable bonds is 4. The molecule has 0 aliphatic carbocycles. The van der Waals surface area contributed by atoms with Gasteiger partial charge in [-0.25, -0.2) is 0 Å². The van der Waals surface area contributed by atoms with Crippen LogP contribution in [0.5, 0.6) is 0 Å². The van der Waals surface area contributed by atoms with Crippen molar-refractivity contribution >= 4 is 65.2 Å². The lowest BCUT2D eigenvalue weighted by Crippen LogP contribution is -1.94. The van der Waals surface area contributed by atoms with E-state index in [1.54, 1.807) is 0 Å². The minimum Gasteiger partial charge on any atom is -0.353 e. The van der Waals surface area contributed by atoms with Crippen LogP contribution in [0.3, 0.4) is 0 Å². The van der Waals surface area contributed by atoms with Gasteiger partial charge in [0.15, 0.2) is 0 Å². The Morgan fingerprint density at radius 2 is 1.48 bits per heavy atom. The molecule has 0 saturated carbocycles. The maximum absolute atomic E-state index is 4.06. The second-order valence-corrected chi connectivity index (χ2v) is 8.99. The van der Waals surface area contributed by atoms with E-state index < -0.39 is 0 Å². The maximum atomic E-state index is 4.06. The molecular formula is C30H21BrN2. The van der Waals surface area contributed by atoms with Crippen LogP contribution in [0.15, 0.2) is 115 Å². The molecule has 0 aliphatic rings. The molecule has 0 spiro atoms. The lowest BCUT2D eigenvalue weighted by Gasteiger charge is -2.10. The average molecular weight is 489 g/mol. The molecule has 0 radical (unpaired) electrons. The SMILES string of the molecule is C=C/C=C(\C=C)n1c2ccccc2c2ccc(-c3cccc4c3[nH]c3c(Br)cccc34)cc21. The zero-order chi connectivity index (χ0) is 22.5. The summed E-state index contributed by atoms with van der Waals surface area (Å²) in [7, 11) is 0. The first-order valence-corrected chi connectivity index (χ1v) is 11.7. The standard InChI is InChI=1S/C30H21BrN2/c1-3-9-20(4-2)33-27-15-6-5-10-22(27)23-17-16-19(18-28(23)33)21-11-7-12-24-25-13-8-14-26(31)30(25)32-29(21)24/h3-18,32H,1-2H2/b20-9+. The summed E-state index contributed by atoms with van der Waals surface area (Å²) in [4.78, 5) is 3.66. The molecule has 2 aromatic heterocycles. The van der Waals surface area contributed by atoms with Gasteiger partial charge in [-0.05, 0) is 51.8 Å². The van der Waals surface area contributed by atoms with E-state index in [2.05, 4.69) is 118 Å². The largest absolute Gasteiger partial charge is 0.353 e. The Morgan fingerprint density at radius 3 is 2.30 bits per heavy atom. The fourth-order valence-electron chi connectivity index (χ4n) is 4.92.